The third-order valence-corrected chi connectivity index (χ3v) is 5.20. The smallest absolute Gasteiger partial charge is 0.170 e. The summed E-state index contributed by atoms with van der Waals surface area (Å²) in [7, 11) is 0. The fourth-order valence-electron chi connectivity index (χ4n) is 3.12. The van der Waals surface area contributed by atoms with Crippen LogP contribution in [-0.2, 0) is 0 Å². The van der Waals surface area contributed by atoms with E-state index in [9.17, 15) is 5.26 Å². The summed E-state index contributed by atoms with van der Waals surface area (Å²) < 4.78 is 0. The van der Waals surface area contributed by atoms with E-state index in [4.69, 9.17) is 12.2 Å². The first-order chi connectivity index (χ1) is 14.0. The summed E-state index contributed by atoms with van der Waals surface area (Å²) >= 11 is 5.39. The Labute approximate surface area is 177 Å². The Morgan fingerprint density at radius 1 is 1.07 bits per heavy atom. The fourth-order valence-corrected chi connectivity index (χ4v) is 3.33. The number of aryl methyl sites for hydroxylation is 2. The molecule has 6 heteroatoms. The van der Waals surface area contributed by atoms with Crippen molar-refractivity contribution in [3.8, 4) is 6.07 Å². The lowest BCUT2D eigenvalue weighted by atomic mass is 10.1. The molecule has 0 fully saturated rings. The minimum absolute atomic E-state index is 0.558. The maximum Gasteiger partial charge on any atom is 0.170 e. The van der Waals surface area contributed by atoms with E-state index in [1.54, 1.807) is 0 Å². The van der Waals surface area contributed by atoms with E-state index >= 15 is 0 Å². The Bertz CT molecular complexity index is 1080. The molecule has 0 saturated carbocycles. The first kappa shape index (κ1) is 20.6. The van der Waals surface area contributed by atoms with Crippen LogP contribution in [0.4, 0.5) is 11.5 Å². The zero-order valence-corrected chi connectivity index (χ0v) is 17.8. The summed E-state index contributed by atoms with van der Waals surface area (Å²) in [6, 6.07) is 16.2. The van der Waals surface area contributed by atoms with Gasteiger partial charge in [-0.1, -0.05) is 30.3 Å². The van der Waals surface area contributed by atoms with Gasteiger partial charge in [-0.05, 0) is 68.2 Å². The Morgan fingerprint density at radius 2 is 1.83 bits per heavy atom. The lowest BCUT2D eigenvalue weighted by Crippen LogP contribution is -2.30. The van der Waals surface area contributed by atoms with Crippen molar-refractivity contribution in [3.05, 3.63) is 64.7 Å². The number of aromatic nitrogens is 1. The van der Waals surface area contributed by atoms with Crippen molar-refractivity contribution >= 4 is 39.7 Å². The van der Waals surface area contributed by atoms with Crippen LogP contribution in [0.25, 0.3) is 10.9 Å². The number of nitrogens with one attached hydrogen (secondary N) is 3. The first-order valence-electron chi connectivity index (χ1n) is 9.65. The van der Waals surface area contributed by atoms with Crippen LogP contribution in [0.1, 0.15) is 28.7 Å². The number of hydrogen-bond acceptors (Lipinski definition) is 4. The SMILES string of the molecule is Cc1cccc(NC(=S)NCCCNc2nc3c(C)cccc3cc2C#N)c1C. The van der Waals surface area contributed by atoms with E-state index in [1.807, 2.05) is 43.3 Å². The second kappa shape index (κ2) is 9.35. The summed E-state index contributed by atoms with van der Waals surface area (Å²) in [6.45, 7) is 7.60. The first-order valence-corrected chi connectivity index (χ1v) is 10.1. The largest absolute Gasteiger partial charge is 0.369 e. The molecule has 0 spiro atoms. The van der Waals surface area contributed by atoms with Gasteiger partial charge < -0.3 is 16.0 Å². The number of thiocarbonyl (C=S) groups is 1. The number of pyridine rings is 1. The van der Waals surface area contributed by atoms with Crippen LogP contribution in [0, 0.1) is 32.1 Å². The van der Waals surface area contributed by atoms with Gasteiger partial charge in [0, 0.05) is 24.2 Å². The number of nitrogens with zero attached hydrogens (tertiary/aromatic N) is 2. The van der Waals surface area contributed by atoms with Gasteiger partial charge in [0.1, 0.15) is 11.9 Å². The second-order valence-electron chi connectivity index (χ2n) is 7.05. The number of para-hydroxylation sites is 1. The number of rotatable bonds is 6. The molecule has 0 amide bonds. The predicted octanol–water partition coefficient (Wildman–Crippen LogP) is 4.82. The molecule has 0 aliphatic heterocycles. The van der Waals surface area contributed by atoms with Gasteiger partial charge in [-0.3, -0.25) is 0 Å². The molecule has 1 heterocycles. The third kappa shape index (κ3) is 5.01. The predicted molar refractivity (Wildman–Crippen MR) is 124 cm³/mol. The van der Waals surface area contributed by atoms with Crippen LogP contribution in [0.3, 0.4) is 0 Å². The topological polar surface area (TPSA) is 72.8 Å². The van der Waals surface area contributed by atoms with Crippen molar-refractivity contribution in [1.82, 2.24) is 10.3 Å². The highest BCUT2D eigenvalue weighted by atomic mass is 32.1. The van der Waals surface area contributed by atoms with Crippen molar-refractivity contribution < 1.29 is 0 Å². The van der Waals surface area contributed by atoms with Gasteiger partial charge >= 0.3 is 0 Å². The van der Waals surface area contributed by atoms with Crippen molar-refractivity contribution in [1.29, 1.82) is 5.26 Å². The third-order valence-electron chi connectivity index (χ3n) is 4.95. The van der Waals surface area contributed by atoms with Gasteiger partial charge in [-0.15, -0.1) is 0 Å². The summed E-state index contributed by atoms with van der Waals surface area (Å²) in [5, 5.41) is 20.8. The maximum absolute atomic E-state index is 9.44. The molecule has 5 nitrogen and oxygen atoms in total. The molecule has 2 aromatic carbocycles. The van der Waals surface area contributed by atoms with Crippen molar-refractivity contribution in [2.75, 3.05) is 23.7 Å². The van der Waals surface area contributed by atoms with Gasteiger partial charge in [-0.2, -0.15) is 5.26 Å². The van der Waals surface area contributed by atoms with E-state index in [0.29, 0.717) is 23.0 Å². The van der Waals surface area contributed by atoms with Crippen LogP contribution in [0.5, 0.6) is 0 Å². The maximum atomic E-state index is 9.44. The molecule has 0 unspecified atom stereocenters. The Morgan fingerprint density at radius 3 is 2.62 bits per heavy atom. The summed E-state index contributed by atoms with van der Waals surface area (Å²) in [5.41, 5.74) is 6.03. The number of fused-ring (bicyclic) bond motifs is 1. The molecule has 0 bridgehead atoms. The lowest BCUT2D eigenvalue weighted by molar-refractivity contribution is 0.807. The molecule has 148 valence electrons. The highest BCUT2D eigenvalue weighted by Crippen LogP contribution is 2.22. The molecule has 0 aliphatic rings. The highest BCUT2D eigenvalue weighted by molar-refractivity contribution is 7.80. The van der Waals surface area contributed by atoms with Gasteiger partial charge in [-0.25, -0.2) is 4.98 Å². The molecule has 29 heavy (non-hydrogen) atoms. The number of anilines is 2. The molecular weight excluding hydrogens is 378 g/mol. The molecule has 0 aliphatic carbocycles. The van der Waals surface area contributed by atoms with E-state index < -0.39 is 0 Å². The molecule has 3 N–H and O–H groups in total. The van der Waals surface area contributed by atoms with Crippen LogP contribution < -0.4 is 16.0 Å². The normalized spacial score (nSPS) is 10.4. The number of hydrogen-bond donors (Lipinski definition) is 3. The average Bonchev–Trinajstić information content (AvgIpc) is 2.71. The van der Waals surface area contributed by atoms with E-state index in [-0.39, 0.29) is 0 Å². The fraction of sp³-hybridized carbons (Fsp3) is 0.261. The number of benzene rings is 2. The quantitative estimate of drug-likeness (QED) is 0.405. The standard InChI is InChI=1S/C23H25N5S/c1-15-7-5-10-20(17(15)3)27-23(29)26-12-6-11-25-22-19(14-24)13-18-9-4-8-16(2)21(18)28-22/h4-5,7-10,13H,6,11-12H2,1-3H3,(H,25,28)(H2,26,27,29). The molecule has 0 atom stereocenters. The zero-order valence-electron chi connectivity index (χ0n) is 17.0. The summed E-state index contributed by atoms with van der Waals surface area (Å²) in [6.07, 6.45) is 0.840. The van der Waals surface area contributed by atoms with Crippen molar-refractivity contribution in [2.45, 2.75) is 27.2 Å². The zero-order chi connectivity index (χ0) is 20.8. The van der Waals surface area contributed by atoms with Crippen LogP contribution >= 0.6 is 12.2 Å². The van der Waals surface area contributed by atoms with Crippen molar-refractivity contribution in [3.63, 3.8) is 0 Å². The molecule has 0 radical (unpaired) electrons. The monoisotopic (exact) mass is 403 g/mol. The highest BCUT2D eigenvalue weighted by Gasteiger charge is 2.08. The van der Waals surface area contributed by atoms with Gasteiger partial charge in [0.2, 0.25) is 0 Å². The minimum Gasteiger partial charge on any atom is -0.369 e. The van der Waals surface area contributed by atoms with E-state index in [1.165, 1.54) is 11.1 Å². The second-order valence-corrected chi connectivity index (χ2v) is 7.46. The molecule has 0 saturated heterocycles. The molecule has 1 aromatic heterocycles. The van der Waals surface area contributed by atoms with Gasteiger partial charge in [0.25, 0.3) is 0 Å². The van der Waals surface area contributed by atoms with E-state index in [0.717, 1.165) is 35.1 Å². The summed E-state index contributed by atoms with van der Waals surface area (Å²) in [5.74, 6) is 0.630. The van der Waals surface area contributed by atoms with Crippen molar-refractivity contribution in [2.24, 2.45) is 0 Å². The van der Waals surface area contributed by atoms with Gasteiger partial charge in [0.05, 0.1) is 11.1 Å². The van der Waals surface area contributed by atoms with Crippen LogP contribution in [0.15, 0.2) is 42.5 Å². The van der Waals surface area contributed by atoms with E-state index in [2.05, 4.69) is 46.9 Å². The minimum atomic E-state index is 0.558. The molecule has 3 rings (SSSR count). The Kier molecular flexibility index (Phi) is 6.63. The van der Waals surface area contributed by atoms with Crippen LogP contribution in [-0.4, -0.2) is 23.2 Å². The average molecular weight is 404 g/mol. The number of nitriles is 1. The van der Waals surface area contributed by atoms with Gasteiger partial charge in [0.15, 0.2) is 5.11 Å². The molecule has 3 aromatic rings. The Balaban J connectivity index is 1.52. The summed E-state index contributed by atoms with van der Waals surface area (Å²) in [4.78, 5) is 4.66. The Hall–Kier alpha value is -3.17. The van der Waals surface area contributed by atoms with Crippen LogP contribution in [0.2, 0.25) is 0 Å². The molecular formula is C23H25N5S. The lowest BCUT2D eigenvalue weighted by Gasteiger charge is -2.14.